The maximum absolute atomic E-state index is 12.6. The van der Waals surface area contributed by atoms with Crippen molar-refractivity contribution in [1.29, 1.82) is 0 Å². The van der Waals surface area contributed by atoms with Gasteiger partial charge in [-0.05, 0) is 29.3 Å². The molecule has 0 bridgehead atoms. The first-order chi connectivity index (χ1) is 10.6. The van der Waals surface area contributed by atoms with E-state index in [0.29, 0.717) is 37.7 Å². The normalized spacial score (nSPS) is 18.4. The van der Waals surface area contributed by atoms with Crippen molar-refractivity contribution in [3.8, 4) is 0 Å². The number of aryl methyl sites for hydroxylation is 1. The number of nitrogens with one attached hydrogen (secondary N) is 1. The van der Waals surface area contributed by atoms with Crippen LogP contribution in [0.3, 0.4) is 0 Å². The molecular formula is C15H17N3O3S. The lowest BCUT2D eigenvalue weighted by Crippen LogP contribution is -2.44. The summed E-state index contributed by atoms with van der Waals surface area (Å²) in [7, 11) is 0. The molecule has 0 spiro atoms. The lowest BCUT2D eigenvalue weighted by molar-refractivity contribution is -0.139. The number of amides is 1. The highest BCUT2D eigenvalue weighted by Crippen LogP contribution is 2.23. The fourth-order valence-electron chi connectivity index (χ4n) is 2.59. The SMILES string of the molecule is Cc1nc([C@H]2COCCN2C(=O)Cc2ccsc2)cc(=O)[nH]1. The van der Waals surface area contributed by atoms with E-state index in [-0.39, 0.29) is 17.5 Å². The second-order valence-electron chi connectivity index (χ2n) is 5.24. The van der Waals surface area contributed by atoms with Gasteiger partial charge in [0.15, 0.2) is 0 Å². The Kier molecular flexibility index (Phi) is 4.35. The Morgan fingerprint density at radius 1 is 1.59 bits per heavy atom. The van der Waals surface area contributed by atoms with Gasteiger partial charge >= 0.3 is 0 Å². The number of hydrogen-bond acceptors (Lipinski definition) is 5. The molecule has 0 saturated carbocycles. The number of carbonyl (C=O) groups excluding carboxylic acids is 1. The summed E-state index contributed by atoms with van der Waals surface area (Å²) in [6, 6.07) is 3.09. The summed E-state index contributed by atoms with van der Waals surface area (Å²) in [6.45, 7) is 3.12. The van der Waals surface area contributed by atoms with Crippen molar-refractivity contribution in [2.75, 3.05) is 19.8 Å². The van der Waals surface area contributed by atoms with E-state index in [0.717, 1.165) is 5.56 Å². The first-order valence-corrected chi connectivity index (χ1v) is 8.04. The number of aromatic nitrogens is 2. The standard InChI is InChI=1S/C15H17N3O3S/c1-10-16-12(7-14(19)17-10)13-8-21-4-3-18(13)15(20)6-11-2-5-22-9-11/h2,5,7,9,13H,3-4,6,8H2,1H3,(H,16,17,19)/t13-/m1/s1. The van der Waals surface area contributed by atoms with Gasteiger partial charge in [0.1, 0.15) is 5.82 Å². The second-order valence-corrected chi connectivity index (χ2v) is 6.02. The van der Waals surface area contributed by atoms with Gasteiger partial charge in [-0.1, -0.05) is 0 Å². The first-order valence-electron chi connectivity index (χ1n) is 7.09. The molecule has 1 amide bonds. The smallest absolute Gasteiger partial charge is 0.251 e. The largest absolute Gasteiger partial charge is 0.377 e. The molecule has 1 saturated heterocycles. The number of ether oxygens (including phenoxy) is 1. The summed E-state index contributed by atoms with van der Waals surface area (Å²) in [6.07, 6.45) is 0.363. The van der Waals surface area contributed by atoms with Gasteiger partial charge in [-0.15, -0.1) is 0 Å². The summed E-state index contributed by atoms with van der Waals surface area (Å²) in [5.41, 5.74) is 1.38. The molecule has 6 nitrogen and oxygen atoms in total. The fourth-order valence-corrected chi connectivity index (χ4v) is 3.26. The molecule has 1 atom stereocenters. The summed E-state index contributed by atoms with van der Waals surface area (Å²) in [5, 5.41) is 3.93. The lowest BCUT2D eigenvalue weighted by Gasteiger charge is -2.35. The number of aromatic amines is 1. The minimum atomic E-state index is -0.305. The van der Waals surface area contributed by atoms with Crippen molar-refractivity contribution in [3.63, 3.8) is 0 Å². The van der Waals surface area contributed by atoms with Crippen LogP contribution < -0.4 is 5.56 Å². The lowest BCUT2D eigenvalue weighted by atomic mass is 10.1. The molecular weight excluding hydrogens is 302 g/mol. The average Bonchev–Trinajstić information content (AvgIpc) is 2.99. The molecule has 0 aromatic carbocycles. The van der Waals surface area contributed by atoms with Crippen molar-refractivity contribution in [3.05, 3.63) is 50.3 Å². The van der Waals surface area contributed by atoms with Crippen LogP contribution in [0, 0.1) is 6.92 Å². The van der Waals surface area contributed by atoms with Crippen LogP contribution >= 0.6 is 11.3 Å². The van der Waals surface area contributed by atoms with Crippen molar-refractivity contribution in [2.45, 2.75) is 19.4 Å². The maximum Gasteiger partial charge on any atom is 0.251 e. The highest BCUT2D eigenvalue weighted by molar-refractivity contribution is 7.07. The molecule has 3 rings (SSSR count). The van der Waals surface area contributed by atoms with E-state index >= 15 is 0 Å². The molecule has 1 fully saturated rings. The molecule has 116 valence electrons. The fraction of sp³-hybridized carbons (Fsp3) is 0.400. The van der Waals surface area contributed by atoms with Gasteiger partial charge in [-0.2, -0.15) is 11.3 Å². The zero-order valence-corrected chi connectivity index (χ0v) is 13.1. The molecule has 1 N–H and O–H groups in total. The highest BCUT2D eigenvalue weighted by atomic mass is 32.1. The van der Waals surface area contributed by atoms with E-state index < -0.39 is 0 Å². The topological polar surface area (TPSA) is 75.3 Å². The van der Waals surface area contributed by atoms with Crippen LogP contribution in [0.4, 0.5) is 0 Å². The molecule has 3 heterocycles. The Labute approximate surface area is 131 Å². The van der Waals surface area contributed by atoms with Crippen molar-refractivity contribution < 1.29 is 9.53 Å². The zero-order chi connectivity index (χ0) is 15.5. The number of rotatable bonds is 3. The van der Waals surface area contributed by atoms with E-state index in [2.05, 4.69) is 9.97 Å². The summed E-state index contributed by atoms with van der Waals surface area (Å²) >= 11 is 1.58. The molecule has 0 aliphatic carbocycles. The third-order valence-electron chi connectivity index (χ3n) is 3.61. The molecule has 7 heteroatoms. The quantitative estimate of drug-likeness (QED) is 0.925. The van der Waals surface area contributed by atoms with Crippen LogP contribution in [0.15, 0.2) is 27.7 Å². The van der Waals surface area contributed by atoms with Crippen LogP contribution in [0.1, 0.15) is 23.1 Å². The Morgan fingerprint density at radius 3 is 3.18 bits per heavy atom. The van der Waals surface area contributed by atoms with Gasteiger partial charge in [-0.3, -0.25) is 9.59 Å². The van der Waals surface area contributed by atoms with E-state index in [4.69, 9.17) is 4.74 Å². The Morgan fingerprint density at radius 2 is 2.45 bits per heavy atom. The molecule has 1 aliphatic heterocycles. The number of morpholine rings is 1. The molecule has 0 unspecified atom stereocenters. The Balaban J connectivity index is 1.84. The van der Waals surface area contributed by atoms with E-state index in [1.165, 1.54) is 6.07 Å². The van der Waals surface area contributed by atoms with Crippen LogP contribution in [-0.2, 0) is 16.0 Å². The van der Waals surface area contributed by atoms with Gasteiger partial charge in [0, 0.05) is 12.6 Å². The zero-order valence-electron chi connectivity index (χ0n) is 12.2. The molecule has 22 heavy (non-hydrogen) atoms. The third-order valence-corrected chi connectivity index (χ3v) is 4.34. The van der Waals surface area contributed by atoms with Gasteiger partial charge in [0.25, 0.3) is 5.56 Å². The van der Waals surface area contributed by atoms with Gasteiger partial charge in [0.2, 0.25) is 5.91 Å². The predicted molar refractivity (Wildman–Crippen MR) is 82.9 cm³/mol. The van der Waals surface area contributed by atoms with Crippen LogP contribution in [0.25, 0.3) is 0 Å². The maximum atomic E-state index is 12.6. The Bertz CT molecular complexity index is 711. The minimum absolute atomic E-state index is 0.0337. The number of H-pyrrole nitrogens is 1. The average molecular weight is 319 g/mol. The first kappa shape index (κ1) is 14.9. The molecule has 1 aliphatic rings. The number of carbonyl (C=O) groups is 1. The van der Waals surface area contributed by atoms with Gasteiger partial charge in [-0.25, -0.2) is 4.98 Å². The second kappa shape index (κ2) is 6.41. The van der Waals surface area contributed by atoms with Crippen LogP contribution in [0.2, 0.25) is 0 Å². The van der Waals surface area contributed by atoms with Crippen molar-refractivity contribution >= 4 is 17.2 Å². The van der Waals surface area contributed by atoms with Gasteiger partial charge in [0.05, 0.1) is 31.4 Å². The minimum Gasteiger partial charge on any atom is -0.377 e. The predicted octanol–water partition coefficient (Wildman–Crippen LogP) is 1.28. The highest BCUT2D eigenvalue weighted by Gasteiger charge is 2.30. The van der Waals surface area contributed by atoms with Crippen molar-refractivity contribution in [2.24, 2.45) is 0 Å². The molecule has 2 aromatic heterocycles. The summed E-state index contributed by atoms with van der Waals surface area (Å²) in [5.74, 6) is 0.574. The van der Waals surface area contributed by atoms with Crippen LogP contribution in [0.5, 0.6) is 0 Å². The third kappa shape index (κ3) is 3.26. The van der Waals surface area contributed by atoms with Gasteiger partial charge < -0.3 is 14.6 Å². The monoisotopic (exact) mass is 319 g/mol. The van der Waals surface area contributed by atoms with Crippen molar-refractivity contribution in [1.82, 2.24) is 14.9 Å². The van der Waals surface area contributed by atoms with E-state index in [1.54, 1.807) is 23.2 Å². The van der Waals surface area contributed by atoms with E-state index in [9.17, 15) is 9.59 Å². The Hall–Kier alpha value is -1.99. The molecule has 2 aromatic rings. The molecule has 0 radical (unpaired) electrons. The summed E-state index contributed by atoms with van der Waals surface area (Å²) < 4.78 is 5.49. The number of nitrogens with zero attached hydrogens (tertiary/aromatic N) is 2. The number of thiophene rings is 1. The summed E-state index contributed by atoms with van der Waals surface area (Å²) in [4.78, 5) is 33.0. The van der Waals surface area contributed by atoms with E-state index in [1.807, 2.05) is 16.8 Å². The van der Waals surface area contributed by atoms with Crippen LogP contribution in [-0.4, -0.2) is 40.5 Å². The number of hydrogen-bond donors (Lipinski definition) is 1.